The monoisotopic (exact) mass is 346 g/mol. The van der Waals surface area contributed by atoms with E-state index in [0.29, 0.717) is 0 Å². The predicted molar refractivity (Wildman–Crippen MR) is 83.8 cm³/mol. The summed E-state index contributed by atoms with van der Waals surface area (Å²) in [6, 6.07) is 5.56. The van der Waals surface area contributed by atoms with Crippen molar-refractivity contribution in [3.05, 3.63) is 29.3 Å². The molecule has 0 spiro atoms. The molecule has 1 rings (SSSR count). The maximum absolute atomic E-state index is 12.4. The van der Waals surface area contributed by atoms with Crippen LogP contribution >= 0.6 is 11.6 Å². The molecule has 0 aliphatic heterocycles. The maximum atomic E-state index is 12.4. The molecular formula is C14H19ClN2O4S. The van der Waals surface area contributed by atoms with Gasteiger partial charge in [-0.05, 0) is 31.0 Å². The standard InChI is InChI=1S/C14H19ClN2O4S/c1-9(2)14(4,16-10(3)18)13(19)17-22(20,21)12-7-5-6-11(15)8-12/h5-9H,1-4H3,(H,16,18)(H,17,19). The number of halogens is 1. The van der Waals surface area contributed by atoms with E-state index in [1.807, 2.05) is 4.72 Å². The van der Waals surface area contributed by atoms with E-state index in [-0.39, 0.29) is 15.8 Å². The second-order valence-corrected chi connectivity index (χ2v) is 7.55. The molecule has 0 saturated carbocycles. The van der Waals surface area contributed by atoms with Crippen LogP contribution in [0.15, 0.2) is 29.2 Å². The molecular weight excluding hydrogens is 328 g/mol. The summed E-state index contributed by atoms with van der Waals surface area (Å²) in [5.74, 6) is -1.55. The average Bonchev–Trinajstić information content (AvgIpc) is 2.37. The van der Waals surface area contributed by atoms with Gasteiger partial charge < -0.3 is 5.32 Å². The van der Waals surface area contributed by atoms with Crippen LogP contribution < -0.4 is 10.0 Å². The van der Waals surface area contributed by atoms with E-state index >= 15 is 0 Å². The SMILES string of the molecule is CC(=O)NC(C)(C(=O)NS(=O)(=O)c1cccc(Cl)c1)C(C)C. The summed E-state index contributed by atoms with van der Waals surface area (Å²) < 4.78 is 26.5. The van der Waals surface area contributed by atoms with Crippen LogP contribution in [0.1, 0.15) is 27.7 Å². The molecule has 0 saturated heterocycles. The Balaban J connectivity index is 3.10. The highest BCUT2D eigenvalue weighted by atomic mass is 35.5. The molecule has 2 amide bonds. The van der Waals surface area contributed by atoms with Gasteiger partial charge in [0.05, 0.1) is 4.90 Å². The van der Waals surface area contributed by atoms with Crippen LogP contribution in [0.4, 0.5) is 0 Å². The molecule has 8 heteroatoms. The minimum absolute atomic E-state index is 0.123. The number of sulfonamides is 1. The first-order chi connectivity index (χ1) is 9.99. The van der Waals surface area contributed by atoms with Gasteiger partial charge in [-0.25, -0.2) is 13.1 Å². The molecule has 0 fully saturated rings. The third-order valence-electron chi connectivity index (χ3n) is 3.40. The van der Waals surface area contributed by atoms with Gasteiger partial charge in [0, 0.05) is 11.9 Å². The molecule has 6 nitrogen and oxygen atoms in total. The van der Waals surface area contributed by atoms with Crippen molar-refractivity contribution in [1.82, 2.24) is 10.0 Å². The lowest BCUT2D eigenvalue weighted by molar-refractivity contribution is -0.132. The Morgan fingerprint density at radius 1 is 1.27 bits per heavy atom. The van der Waals surface area contributed by atoms with Crippen LogP contribution in [0.2, 0.25) is 5.02 Å². The molecule has 1 atom stereocenters. The molecule has 22 heavy (non-hydrogen) atoms. The summed E-state index contributed by atoms with van der Waals surface area (Å²) in [6.45, 7) is 6.16. The maximum Gasteiger partial charge on any atom is 0.264 e. The van der Waals surface area contributed by atoms with E-state index < -0.39 is 27.4 Å². The molecule has 0 heterocycles. The van der Waals surface area contributed by atoms with Crippen LogP contribution in [-0.4, -0.2) is 25.8 Å². The number of hydrogen-bond acceptors (Lipinski definition) is 4. The number of carbonyl (C=O) groups excluding carboxylic acids is 2. The van der Waals surface area contributed by atoms with Crippen molar-refractivity contribution in [2.45, 2.75) is 38.1 Å². The van der Waals surface area contributed by atoms with Gasteiger partial charge in [0.15, 0.2) is 0 Å². The van der Waals surface area contributed by atoms with Crippen molar-refractivity contribution in [3.63, 3.8) is 0 Å². The molecule has 1 aromatic carbocycles. The fourth-order valence-corrected chi connectivity index (χ4v) is 3.12. The van der Waals surface area contributed by atoms with E-state index in [0.717, 1.165) is 0 Å². The first-order valence-electron chi connectivity index (χ1n) is 6.60. The number of rotatable bonds is 5. The third kappa shape index (κ3) is 4.20. The molecule has 0 bridgehead atoms. The van der Waals surface area contributed by atoms with Crippen molar-refractivity contribution >= 4 is 33.4 Å². The Bertz CT molecular complexity index is 688. The Labute approximate surface area is 135 Å². The van der Waals surface area contributed by atoms with Crippen molar-refractivity contribution in [2.24, 2.45) is 5.92 Å². The highest BCUT2D eigenvalue weighted by Crippen LogP contribution is 2.20. The zero-order chi connectivity index (χ0) is 17.1. The summed E-state index contributed by atoms with van der Waals surface area (Å²) in [5, 5.41) is 2.74. The molecule has 1 aromatic rings. The second-order valence-electron chi connectivity index (χ2n) is 5.43. The van der Waals surface area contributed by atoms with Crippen LogP contribution in [0, 0.1) is 5.92 Å². The van der Waals surface area contributed by atoms with Gasteiger partial charge in [0.25, 0.3) is 15.9 Å². The molecule has 1 unspecified atom stereocenters. The van der Waals surface area contributed by atoms with Crippen LogP contribution in [0.5, 0.6) is 0 Å². The Hall–Kier alpha value is -1.60. The van der Waals surface area contributed by atoms with Crippen LogP contribution in [-0.2, 0) is 19.6 Å². The number of hydrogen-bond donors (Lipinski definition) is 2. The predicted octanol–water partition coefficient (Wildman–Crippen LogP) is 1.70. The normalized spacial score (nSPS) is 14.3. The Morgan fingerprint density at radius 3 is 2.32 bits per heavy atom. The van der Waals surface area contributed by atoms with Crippen LogP contribution in [0.25, 0.3) is 0 Å². The smallest absolute Gasteiger partial charge is 0.264 e. The fourth-order valence-electron chi connectivity index (χ4n) is 1.75. The molecule has 0 aliphatic carbocycles. The quantitative estimate of drug-likeness (QED) is 0.848. The van der Waals surface area contributed by atoms with Crippen LogP contribution in [0.3, 0.4) is 0 Å². The lowest BCUT2D eigenvalue weighted by Crippen LogP contribution is -2.60. The highest BCUT2D eigenvalue weighted by Gasteiger charge is 2.39. The number of benzene rings is 1. The number of nitrogens with one attached hydrogen (secondary N) is 2. The van der Waals surface area contributed by atoms with E-state index in [9.17, 15) is 18.0 Å². The summed E-state index contributed by atoms with van der Waals surface area (Å²) in [4.78, 5) is 23.5. The number of carbonyl (C=O) groups is 2. The summed E-state index contributed by atoms with van der Waals surface area (Å²) in [7, 11) is -4.07. The second kappa shape index (κ2) is 6.66. The molecule has 0 aliphatic rings. The Morgan fingerprint density at radius 2 is 1.86 bits per heavy atom. The van der Waals surface area contributed by atoms with Gasteiger partial charge in [-0.1, -0.05) is 31.5 Å². The molecule has 0 radical (unpaired) electrons. The topological polar surface area (TPSA) is 92.3 Å². The van der Waals surface area contributed by atoms with Gasteiger partial charge in [0.1, 0.15) is 5.54 Å². The van der Waals surface area contributed by atoms with Crippen molar-refractivity contribution in [1.29, 1.82) is 0 Å². The Kier molecular flexibility index (Phi) is 5.59. The minimum Gasteiger partial charge on any atom is -0.342 e. The van der Waals surface area contributed by atoms with E-state index in [1.165, 1.54) is 38.1 Å². The highest BCUT2D eigenvalue weighted by molar-refractivity contribution is 7.90. The van der Waals surface area contributed by atoms with E-state index in [1.54, 1.807) is 13.8 Å². The summed E-state index contributed by atoms with van der Waals surface area (Å²) in [5.41, 5.74) is -1.35. The largest absolute Gasteiger partial charge is 0.342 e. The first kappa shape index (κ1) is 18.4. The van der Waals surface area contributed by atoms with Gasteiger partial charge in [-0.2, -0.15) is 0 Å². The van der Waals surface area contributed by atoms with E-state index in [4.69, 9.17) is 11.6 Å². The minimum atomic E-state index is -4.07. The summed E-state index contributed by atoms with van der Waals surface area (Å²) >= 11 is 5.76. The van der Waals surface area contributed by atoms with Crippen molar-refractivity contribution in [3.8, 4) is 0 Å². The molecule has 122 valence electrons. The summed E-state index contributed by atoms with van der Waals surface area (Å²) in [6.07, 6.45) is 0. The molecule has 2 N–H and O–H groups in total. The van der Waals surface area contributed by atoms with E-state index in [2.05, 4.69) is 5.32 Å². The van der Waals surface area contributed by atoms with Gasteiger partial charge in [-0.3, -0.25) is 9.59 Å². The average molecular weight is 347 g/mol. The zero-order valence-corrected chi connectivity index (χ0v) is 14.4. The van der Waals surface area contributed by atoms with Crippen molar-refractivity contribution < 1.29 is 18.0 Å². The fraction of sp³-hybridized carbons (Fsp3) is 0.429. The van der Waals surface area contributed by atoms with Crippen molar-refractivity contribution in [2.75, 3.05) is 0 Å². The molecule has 0 aromatic heterocycles. The lowest BCUT2D eigenvalue weighted by atomic mass is 9.87. The third-order valence-corrected chi connectivity index (χ3v) is 4.96. The van der Waals surface area contributed by atoms with Gasteiger partial charge >= 0.3 is 0 Å². The van der Waals surface area contributed by atoms with Gasteiger partial charge in [-0.15, -0.1) is 0 Å². The van der Waals surface area contributed by atoms with Gasteiger partial charge in [0.2, 0.25) is 5.91 Å². The first-order valence-corrected chi connectivity index (χ1v) is 8.46. The lowest BCUT2D eigenvalue weighted by Gasteiger charge is -2.32. The number of amides is 2. The zero-order valence-electron chi connectivity index (χ0n) is 12.8.